The number of phenolic OH excluding ortho intramolecular Hbond substituents is 2. The fourth-order valence-corrected chi connectivity index (χ4v) is 6.63. The van der Waals surface area contributed by atoms with Gasteiger partial charge >= 0.3 is 35.8 Å². The van der Waals surface area contributed by atoms with Crippen molar-refractivity contribution in [2.75, 3.05) is 39.3 Å². The lowest BCUT2D eigenvalue weighted by Crippen LogP contribution is -2.42. The van der Waals surface area contributed by atoms with Crippen molar-refractivity contribution >= 4 is 53.5 Å². The lowest BCUT2D eigenvalue weighted by atomic mass is 9.98. The number of carbonyl (C=O) groups excluding carboxylic acids is 3. The third kappa shape index (κ3) is 23.4. The number of carboxylic acids is 6. The SMILES string of the molecule is O=C(O)CCc1ccc(O)c(CN(CCN(CC(=O)O)Cc2cc(CCC(=O)NCCCCC(=O)NCCC[C@H](CC(=O)N[C@@H](CCC(=O)O)C(=O)O)C(=O)O)ccc2O)CC(=O)O)c1. The van der Waals surface area contributed by atoms with Crippen LogP contribution in [0.5, 0.6) is 11.5 Å². The summed E-state index contributed by atoms with van der Waals surface area (Å²) in [4.78, 5) is 108. The number of aryl methyl sites for hydroxylation is 2. The Morgan fingerprint density at radius 2 is 1.02 bits per heavy atom. The van der Waals surface area contributed by atoms with Crippen molar-refractivity contribution in [1.82, 2.24) is 25.8 Å². The summed E-state index contributed by atoms with van der Waals surface area (Å²) >= 11 is 0. The van der Waals surface area contributed by atoms with E-state index in [9.17, 15) is 73.8 Å². The van der Waals surface area contributed by atoms with Crippen LogP contribution in [-0.4, -0.2) is 149 Å². The summed E-state index contributed by atoms with van der Waals surface area (Å²) in [5, 5.41) is 84.2. The second-order valence-electron chi connectivity index (χ2n) is 15.5. The Hall–Kier alpha value is -6.81. The van der Waals surface area contributed by atoms with E-state index in [-0.39, 0.29) is 114 Å². The van der Waals surface area contributed by atoms with E-state index >= 15 is 0 Å². The molecular weight excluding hydrogens is 858 g/mol. The molecule has 22 nitrogen and oxygen atoms in total. The number of carboxylic acid groups (broad SMARTS) is 6. The summed E-state index contributed by atoms with van der Waals surface area (Å²) in [7, 11) is 0. The van der Waals surface area contributed by atoms with E-state index in [1.807, 2.05) is 0 Å². The fourth-order valence-electron chi connectivity index (χ4n) is 6.63. The predicted octanol–water partition coefficient (Wildman–Crippen LogP) is 1.23. The molecule has 22 heteroatoms. The second-order valence-corrected chi connectivity index (χ2v) is 15.5. The average molecular weight is 918 g/mol. The van der Waals surface area contributed by atoms with Crippen molar-refractivity contribution in [3.05, 3.63) is 58.7 Å². The molecule has 0 fully saturated rings. The van der Waals surface area contributed by atoms with Crippen LogP contribution in [0.25, 0.3) is 0 Å². The number of carbonyl (C=O) groups is 9. The van der Waals surface area contributed by atoms with Crippen molar-refractivity contribution < 1.29 is 84.0 Å². The Morgan fingerprint density at radius 3 is 1.49 bits per heavy atom. The van der Waals surface area contributed by atoms with E-state index in [1.165, 1.54) is 21.9 Å². The third-order valence-corrected chi connectivity index (χ3v) is 10.1. The Labute approximate surface area is 374 Å². The van der Waals surface area contributed by atoms with Crippen molar-refractivity contribution in [3.63, 3.8) is 0 Å². The van der Waals surface area contributed by atoms with Crippen LogP contribution in [0, 0.1) is 5.92 Å². The smallest absolute Gasteiger partial charge is 0.326 e. The molecule has 2 atom stereocenters. The lowest BCUT2D eigenvalue weighted by molar-refractivity contribution is -0.145. The second kappa shape index (κ2) is 28.8. The van der Waals surface area contributed by atoms with Gasteiger partial charge in [0.2, 0.25) is 17.7 Å². The number of nitrogens with one attached hydrogen (secondary N) is 3. The van der Waals surface area contributed by atoms with E-state index < -0.39 is 79.6 Å². The van der Waals surface area contributed by atoms with Crippen molar-refractivity contribution in [3.8, 4) is 11.5 Å². The Bertz CT molecular complexity index is 1980. The standard InChI is InChI=1S/C43H59N5O17/c49-33-11-6-27(20-30(33)23-47(25-40(58)59)18-19-48(26-41(60)61)24-31-21-28(7-12-34(31)50)9-14-38(54)55)8-13-36(52)44-16-2-1-5-35(51)45-17-3-4-29(42(62)63)22-37(53)46-32(43(64)65)10-15-39(56)57/h6-7,11-12,20-21,29,32,49-50H,1-5,8-10,13-19,22-26H2,(H,44,52)(H,45,51)(H,46,53)(H,54,55)(H,56,57)(H,58,59)(H,60,61)(H,62,63)(H,64,65)/t29-,32+/m1/s1. The van der Waals surface area contributed by atoms with Crippen LogP contribution in [0.4, 0.5) is 0 Å². The first-order chi connectivity index (χ1) is 30.7. The van der Waals surface area contributed by atoms with Crippen LogP contribution in [-0.2, 0) is 69.1 Å². The topological polar surface area (TPSA) is 358 Å². The number of aliphatic carboxylic acids is 6. The van der Waals surface area contributed by atoms with Gasteiger partial charge in [0.25, 0.3) is 0 Å². The first-order valence-electron chi connectivity index (χ1n) is 20.9. The molecule has 0 radical (unpaired) electrons. The van der Waals surface area contributed by atoms with E-state index in [1.54, 1.807) is 24.3 Å². The summed E-state index contributed by atoms with van der Waals surface area (Å²) in [6.07, 6.45) is 0.311. The van der Waals surface area contributed by atoms with Gasteiger partial charge in [-0.3, -0.25) is 48.2 Å². The van der Waals surface area contributed by atoms with Gasteiger partial charge in [-0.05, 0) is 68.2 Å². The van der Waals surface area contributed by atoms with Gasteiger partial charge in [0.05, 0.1) is 19.0 Å². The molecule has 2 aromatic rings. The Morgan fingerprint density at radius 1 is 0.523 bits per heavy atom. The molecule has 0 aliphatic heterocycles. The summed E-state index contributed by atoms with van der Waals surface area (Å²) in [5.41, 5.74) is 2.07. The number of phenols is 2. The minimum atomic E-state index is -1.48. The van der Waals surface area contributed by atoms with E-state index in [4.69, 9.17) is 10.2 Å². The van der Waals surface area contributed by atoms with E-state index in [0.29, 0.717) is 35.1 Å². The first kappa shape index (κ1) is 54.3. The van der Waals surface area contributed by atoms with Gasteiger partial charge in [0.1, 0.15) is 17.5 Å². The average Bonchev–Trinajstić information content (AvgIpc) is 3.22. The van der Waals surface area contributed by atoms with Crippen molar-refractivity contribution in [2.45, 2.75) is 96.2 Å². The van der Waals surface area contributed by atoms with Crippen molar-refractivity contribution in [1.29, 1.82) is 0 Å². The number of aromatic hydroxyl groups is 2. The zero-order valence-electron chi connectivity index (χ0n) is 35.9. The highest BCUT2D eigenvalue weighted by Gasteiger charge is 2.26. The minimum Gasteiger partial charge on any atom is -0.508 e. The maximum atomic E-state index is 12.6. The highest BCUT2D eigenvalue weighted by molar-refractivity contribution is 5.86. The molecule has 65 heavy (non-hydrogen) atoms. The highest BCUT2D eigenvalue weighted by atomic mass is 16.4. The molecule has 0 aliphatic rings. The van der Waals surface area contributed by atoms with Crippen LogP contribution < -0.4 is 16.0 Å². The number of nitrogens with zero attached hydrogens (tertiary/aromatic N) is 2. The molecule has 0 saturated heterocycles. The molecule has 0 heterocycles. The summed E-state index contributed by atoms with van der Waals surface area (Å²) in [6, 6.07) is 7.79. The largest absolute Gasteiger partial charge is 0.508 e. The number of hydrogen-bond donors (Lipinski definition) is 11. The van der Waals surface area contributed by atoms with Crippen LogP contribution in [0.1, 0.15) is 86.5 Å². The first-order valence-corrected chi connectivity index (χ1v) is 20.9. The normalized spacial score (nSPS) is 12.0. The molecular formula is C43H59N5O17. The van der Waals surface area contributed by atoms with Gasteiger partial charge in [-0.25, -0.2) is 4.79 Å². The number of unbranched alkanes of at least 4 members (excludes halogenated alkanes) is 1. The fraction of sp³-hybridized carbons (Fsp3) is 0.512. The maximum Gasteiger partial charge on any atom is 0.326 e. The molecule has 0 aromatic heterocycles. The minimum absolute atomic E-state index is 0.0107. The Balaban J connectivity index is 1.80. The monoisotopic (exact) mass is 917 g/mol. The summed E-state index contributed by atoms with van der Waals surface area (Å²) < 4.78 is 0. The lowest BCUT2D eigenvalue weighted by Gasteiger charge is -2.26. The molecule has 0 spiro atoms. The van der Waals surface area contributed by atoms with Crippen LogP contribution in [0.3, 0.4) is 0 Å². The van der Waals surface area contributed by atoms with Gasteiger partial charge in [-0.2, -0.15) is 0 Å². The van der Waals surface area contributed by atoms with Gasteiger partial charge in [0, 0.05) is 82.5 Å². The summed E-state index contributed by atoms with van der Waals surface area (Å²) in [6.45, 7) is -0.410. The molecule has 3 amide bonds. The molecule has 11 N–H and O–H groups in total. The molecule has 358 valence electrons. The quantitative estimate of drug-likeness (QED) is 0.0440. The number of benzene rings is 2. The molecule has 0 saturated carbocycles. The highest BCUT2D eigenvalue weighted by Crippen LogP contribution is 2.23. The predicted molar refractivity (Wildman–Crippen MR) is 228 cm³/mol. The third-order valence-electron chi connectivity index (χ3n) is 10.1. The van der Waals surface area contributed by atoms with Crippen LogP contribution >= 0.6 is 0 Å². The summed E-state index contributed by atoms with van der Waals surface area (Å²) in [5.74, 6) is -10.1. The molecule has 2 rings (SSSR count). The number of amides is 3. The van der Waals surface area contributed by atoms with Gasteiger partial charge in [0.15, 0.2) is 0 Å². The van der Waals surface area contributed by atoms with Gasteiger partial charge in [-0.1, -0.05) is 24.3 Å². The molecule has 0 bridgehead atoms. The molecule has 0 aliphatic carbocycles. The number of rotatable bonds is 34. The van der Waals surface area contributed by atoms with E-state index in [0.717, 1.165) is 0 Å². The van der Waals surface area contributed by atoms with Gasteiger partial charge in [-0.15, -0.1) is 0 Å². The molecule has 0 unspecified atom stereocenters. The molecule has 2 aromatic carbocycles. The zero-order valence-corrected chi connectivity index (χ0v) is 35.9. The Kier molecular flexibility index (Phi) is 24.1. The maximum absolute atomic E-state index is 12.6. The van der Waals surface area contributed by atoms with E-state index in [2.05, 4.69) is 16.0 Å². The van der Waals surface area contributed by atoms with Gasteiger partial charge < -0.3 is 56.8 Å². The number of hydrogen-bond acceptors (Lipinski definition) is 13. The van der Waals surface area contributed by atoms with Crippen LogP contribution in [0.15, 0.2) is 36.4 Å². The van der Waals surface area contributed by atoms with Crippen LogP contribution in [0.2, 0.25) is 0 Å². The zero-order chi connectivity index (χ0) is 48.5. The van der Waals surface area contributed by atoms with Crippen molar-refractivity contribution in [2.24, 2.45) is 5.92 Å².